The molecule has 1 aromatic carbocycles. The van der Waals surface area contributed by atoms with Crippen LogP contribution >= 0.6 is 0 Å². The molecular formula is C11H12F2O2. The molecule has 0 atom stereocenters. The summed E-state index contributed by atoms with van der Waals surface area (Å²) in [5.41, 5.74) is 0.704. The minimum Gasteiger partial charge on any atom is -0.496 e. The zero-order chi connectivity index (χ0) is 11.3. The van der Waals surface area contributed by atoms with Gasteiger partial charge in [0.1, 0.15) is 12.0 Å². The molecule has 0 N–H and O–H groups in total. The normalized spacial score (nSPS) is 10.4. The Morgan fingerprint density at radius 1 is 1.47 bits per heavy atom. The molecule has 0 bridgehead atoms. The maximum Gasteiger partial charge on any atom is 0.267 e. The molecule has 0 aliphatic rings. The molecule has 0 fully saturated rings. The standard InChI is InChI=1S/C11H12F2O2/c1-15-10-7-8(3-2-6-14)4-5-9(10)11(12)13/h4-7,11H,2-3H2,1H3. The average Bonchev–Trinajstić information content (AvgIpc) is 2.25. The molecule has 0 aliphatic carbocycles. The summed E-state index contributed by atoms with van der Waals surface area (Å²) in [6.45, 7) is 0. The number of hydrogen-bond acceptors (Lipinski definition) is 2. The lowest BCUT2D eigenvalue weighted by Crippen LogP contribution is -1.95. The number of aldehydes is 1. The van der Waals surface area contributed by atoms with Gasteiger partial charge in [0.2, 0.25) is 0 Å². The lowest BCUT2D eigenvalue weighted by Gasteiger charge is -2.09. The van der Waals surface area contributed by atoms with Crippen LogP contribution in [0.5, 0.6) is 5.75 Å². The number of aryl methyl sites for hydroxylation is 1. The van der Waals surface area contributed by atoms with Crippen molar-refractivity contribution in [1.29, 1.82) is 0 Å². The third-order valence-electron chi connectivity index (χ3n) is 2.08. The first-order chi connectivity index (χ1) is 7.19. The SMILES string of the molecule is COc1cc(CCC=O)ccc1C(F)F. The number of benzene rings is 1. The molecule has 0 aliphatic heterocycles. The molecular weight excluding hydrogens is 202 g/mol. The van der Waals surface area contributed by atoms with E-state index < -0.39 is 6.43 Å². The van der Waals surface area contributed by atoms with Crippen molar-refractivity contribution in [3.63, 3.8) is 0 Å². The van der Waals surface area contributed by atoms with Crippen LogP contribution in [0.4, 0.5) is 8.78 Å². The number of methoxy groups -OCH3 is 1. The third-order valence-corrected chi connectivity index (χ3v) is 2.08. The van der Waals surface area contributed by atoms with E-state index in [1.165, 1.54) is 13.2 Å². The van der Waals surface area contributed by atoms with Crippen molar-refractivity contribution >= 4 is 6.29 Å². The summed E-state index contributed by atoms with van der Waals surface area (Å²) in [4.78, 5) is 10.2. The van der Waals surface area contributed by atoms with Crippen LogP contribution < -0.4 is 4.74 Å². The Morgan fingerprint density at radius 2 is 2.20 bits per heavy atom. The number of ether oxygens (including phenoxy) is 1. The van der Waals surface area contributed by atoms with Crippen LogP contribution in [0.3, 0.4) is 0 Å². The molecule has 0 heterocycles. The van der Waals surface area contributed by atoms with Crippen molar-refractivity contribution < 1.29 is 18.3 Å². The van der Waals surface area contributed by atoms with E-state index in [-0.39, 0.29) is 11.3 Å². The van der Waals surface area contributed by atoms with E-state index in [2.05, 4.69) is 0 Å². The Labute approximate surface area is 86.9 Å². The third kappa shape index (κ3) is 3.01. The van der Waals surface area contributed by atoms with Gasteiger partial charge >= 0.3 is 0 Å². The monoisotopic (exact) mass is 214 g/mol. The zero-order valence-electron chi connectivity index (χ0n) is 8.37. The van der Waals surface area contributed by atoms with Gasteiger partial charge in [-0.05, 0) is 24.1 Å². The highest BCUT2D eigenvalue weighted by Gasteiger charge is 2.13. The first kappa shape index (κ1) is 11.6. The molecule has 0 radical (unpaired) electrons. The number of rotatable bonds is 5. The van der Waals surface area contributed by atoms with Crippen molar-refractivity contribution in [2.45, 2.75) is 19.3 Å². The quantitative estimate of drug-likeness (QED) is 0.704. The fraction of sp³-hybridized carbons (Fsp3) is 0.364. The Morgan fingerprint density at radius 3 is 2.73 bits per heavy atom. The highest BCUT2D eigenvalue weighted by Crippen LogP contribution is 2.29. The lowest BCUT2D eigenvalue weighted by molar-refractivity contribution is -0.107. The lowest BCUT2D eigenvalue weighted by atomic mass is 10.1. The second-order valence-corrected chi connectivity index (χ2v) is 3.08. The Balaban J connectivity index is 2.91. The van der Waals surface area contributed by atoms with E-state index in [4.69, 9.17) is 4.74 Å². The Bertz CT molecular complexity index is 337. The molecule has 1 aromatic rings. The highest BCUT2D eigenvalue weighted by atomic mass is 19.3. The molecule has 0 spiro atoms. The summed E-state index contributed by atoms with van der Waals surface area (Å²) < 4.78 is 29.8. The second-order valence-electron chi connectivity index (χ2n) is 3.08. The van der Waals surface area contributed by atoms with Crippen LogP contribution in [0.15, 0.2) is 18.2 Å². The van der Waals surface area contributed by atoms with Gasteiger partial charge < -0.3 is 9.53 Å². The van der Waals surface area contributed by atoms with Crippen molar-refractivity contribution in [3.05, 3.63) is 29.3 Å². The van der Waals surface area contributed by atoms with Gasteiger partial charge in [-0.15, -0.1) is 0 Å². The minimum absolute atomic E-state index is 0.118. The van der Waals surface area contributed by atoms with Crippen LogP contribution in [0, 0.1) is 0 Å². The largest absolute Gasteiger partial charge is 0.496 e. The maximum atomic E-state index is 12.5. The molecule has 82 valence electrons. The van der Waals surface area contributed by atoms with Gasteiger partial charge in [-0.3, -0.25) is 0 Å². The van der Waals surface area contributed by atoms with Crippen molar-refractivity contribution in [3.8, 4) is 5.75 Å². The summed E-state index contributed by atoms with van der Waals surface area (Å²) in [7, 11) is 1.35. The van der Waals surface area contributed by atoms with Crippen molar-refractivity contribution in [1.82, 2.24) is 0 Å². The van der Waals surface area contributed by atoms with Gasteiger partial charge in [0.25, 0.3) is 6.43 Å². The Hall–Kier alpha value is -1.45. The fourth-order valence-electron chi connectivity index (χ4n) is 1.32. The highest BCUT2D eigenvalue weighted by molar-refractivity contribution is 5.50. The molecule has 2 nitrogen and oxygen atoms in total. The molecule has 0 unspecified atom stereocenters. The zero-order valence-corrected chi connectivity index (χ0v) is 8.37. The number of halogens is 2. The van der Waals surface area contributed by atoms with Gasteiger partial charge in [0.15, 0.2) is 0 Å². The van der Waals surface area contributed by atoms with Gasteiger partial charge in [-0.2, -0.15) is 0 Å². The smallest absolute Gasteiger partial charge is 0.267 e. The summed E-state index contributed by atoms with van der Waals surface area (Å²) in [5.74, 6) is 0.174. The number of hydrogen-bond donors (Lipinski definition) is 0. The molecule has 0 aromatic heterocycles. The van der Waals surface area contributed by atoms with E-state index >= 15 is 0 Å². The van der Waals surface area contributed by atoms with Gasteiger partial charge in [-0.1, -0.05) is 6.07 Å². The fourth-order valence-corrected chi connectivity index (χ4v) is 1.32. The van der Waals surface area contributed by atoms with Gasteiger partial charge in [-0.25, -0.2) is 8.78 Å². The van der Waals surface area contributed by atoms with E-state index in [1.54, 1.807) is 12.1 Å². The number of carbonyl (C=O) groups excluding carboxylic acids is 1. The molecule has 1 rings (SSSR count). The van der Waals surface area contributed by atoms with Crippen molar-refractivity contribution in [2.24, 2.45) is 0 Å². The average molecular weight is 214 g/mol. The number of carbonyl (C=O) groups is 1. The van der Waals surface area contributed by atoms with Crippen molar-refractivity contribution in [2.75, 3.05) is 7.11 Å². The van der Waals surface area contributed by atoms with Crippen LogP contribution in [0.1, 0.15) is 24.0 Å². The predicted octanol–water partition coefficient (Wildman–Crippen LogP) is 2.76. The molecule has 15 heavy (non-hydrogen) atoms. The molecule has 0 saturated heterocycles. The van der Waals surface area contributed by atoms with Crippen LogP contribution in [-0.2, 0) is 11.2 Å². The minimum atomic E-state index is -2.54. The first-order valence-electron chi connectivity index (χ1n) is 4.57. The Kier molecular flexibility index (Phi) is 4.21. The van der Waals surface area contributed by atoms with Gasteiger partial charge in [0.05, 0.1) is 12.7 Å². The summed E-state index contributed by atoms with van der Waals surface area (Å²) in [6, 6.07) is 4.47. The van der Waals surface area contributed by atoms with E-state index in [0.717, 1.165) is 11.8 Å². The van der Waals surface area contributed by atoms with Crippen LogP contribution in [0.2, 0.25) is 0 Å². The maximum absolute atomic E-state index is 12.5. The molecule has 0 amide bonds. The van der Waals surface area contributed by atoms with E-state index in [1.807, 2.05) is 0 Å². The summed E-state index contributed by atoms with van der Waals surface area (Å²) >= 11 is 0. The summed E-state index contributed by atoms with van der Waals surface area (Å²) in [6.07, 6.45) is -0.811. The molecule has 0 saturated carbocycles. The molecule has 4 heteroatoms. The van der Waals surface area contributed by atoms with E-state index in [0.29, 0.717) is 12.8 Å². The second kappa shape index (κ2) is 5.44. The van der Waals surface area contributed by atoms with Crippen LogP contribution in [0.25, 0.3) is 0 Å². The van der Waals surface area contributed by atoms with Gasteiger partial charge in [0, 0.05) is 6.42 Å². The van der Waals surface area contributed by atoms with Crippen LogP contribution in [-0.4, -0.2) is 13.4 Å². The predicted molar refractivity (Wildman–Crippen MR) is 52.3 cm³/mol. The summed E-state index contributed by atoms with van der Waals surface area (Å²) in [5, 5.41) is 0. The first-order valence-corrected chi connectivity index (χ1v) is 4.57. The number of alkyl halides is 2. The van der Waals surface area contributed by atoms with E-state index in [9.17, 15) is 13.6 Å². The topological polar surface area (TPSA) is 26.3 Å².